The Bertz CT molecular complexity index is 909. The smallest absolute Gasteiger partial charge is 0.249 e. The van der Waals surface area contributed by atoms with Gasteiger partial charge in [-0.3, -0.25) is 0 Å². The maximum Gasteiger partial charge on any atom is 0.249 e. The molecule has 1 saturated heterocycles. The normalized spacial score (nSPS) is 13.4. The SMILES string of the molecule is CCOc1ccccc1Nc1cnnc(Nc2ccc(N3CCCC3)cc2)n1. The molecule has 0 spiro atoms. The third kappa shape index (κ3) is 4.31. The molecular weight excluding hydrogens is 352 g/mol. The maximum absolute atomic E-state index is 5.64. The highest BCUT2D eigenvalue weighted by Crippen LogP contribution is 2.27. The van der Waals surface area contributed by atoms with Crippen molar-refractivity contribution in [3.05, 3.63) is 54.7 Å². The van der Waals surface area contributed by atoms with Crippen molar-refractivity contribution in [2.45, 2.75) is 19.8 Å². The molecule has 2 aromatic carbocycles. The Morgan fingerprint density at radius 2 is 1.79 bits per heavy atom. The van der Waals surface area contributed by atoms with Crippen molar-refractivity contribution in [1.29, 1.82) is 0 Å². The summed E-state index contributed by atoms with van der Waals surface area (Å²) in [5, 5.41) is 14.6. The summed E-state index contributed by atoms with van der Waals surface area (Å²) >= 11 is 0. The molecule has 0 atom stereocenters. The average Bonchev–Trinajstić information content (AvgIpc) is 3.25. The monoisotopic (exact) mass is 376 g/mol. The van der Waals surface area contributed by atoms with Gasteiger partial charge in [-0.25, -0.2) is 0 Å². The predicted molar refractivity (Wildman–Crippen MR) is 112 cm³/mol. The van der Waals surface area contributed by atoms with Gasteiger partial charge in [-0.1, -0.05) is 12.1 Å². The molecule has 4 rings (SSSR count). The summed E-state index contributed by atoms with van der Waals surface area (Å²) in [6.07, 6.45) is 4.13. The van der Waals surface area contributed by atoms with E-state index in [0.717, 1.165) is 30.2 Å². The van der Waals surface area contributed by atoms with Crippen molar-refractivity contribution in [2.24, 2.45) is 0 Å². The highest BCUT2D eigenvalue weighted by molar-refractivity contribution is 5.65. The summed E-state index contributed by atoms with van der Waals surface area (Å²) in [6.45, 7) is 4.83. The molecule has 0 bridgehead atoms. The number of aromatic nitrogens is 3. The second kappa shape index (κ2) is 8.56. The number of nitrogens with zero attached hydrogens (tertiary/aromatic N) is 4. The van der Waals surface area contributed by atoms with Crippen LogP contribution in [0.1, 0.15) is 19.8 Å². The van der Waals surface area contributed by atoms with Gasteiger partial charge in [0.2, 0.25) is 5.95 Å². The largest absolute Gasteiger partial charge is 0.492 e. The maximum atomic E-state index is 5.64. The Kier molecular flexibility index (Phi) is 5.51. The molecule has 0 unspecified atom stereocenters. The Morgan fingerprint density at radius 3 is 2.57 bits per heavy atom. The summed E-state index contributed by atoms with van der Waals surface area (Å²) in [6, 6.07) is 16.1. The van der Waals surface area contributed by atoms with Crippen LogP contribution in [0.2, 0.25) is 0 Å². The van der Waals surface area contributed by atoms with E-state index in [1.54, 1.807) is 6.20 Å². The Balaban J connectivity index is 1.45. The fourth-order valence-corrected chi connectivity index (χ4v) is 3.27. The van der Waals surface area contributed by atoms with Crippen LogP contribution in [0.15, 0.2) is 54.7 Å². The average molecular weight is 376 g/mol. The van der Waals surface area contributed by atoms with Crippen molar-refractivity contribution < 1.29 is 4.74 Å². The number of hydrogen-bond donors (Lipinski definition) is 2. The van der Waals surface area contributed by atoms with Gasteiger partial charge in [0.25, 0.3) is 0 Å². The van der Waals surface area contributed by atoms with Gasteiger partial charge >= 0.3 is 0 Å². The molecule has 28 heavy (non-hydrogen) atoms. The molecule has 7 heteroatoms. The number of rotatable bonds is 7. The molecular formula is C21H24N6O. The van der Waals surface area contributed by atoms with Crippen LogP contribution in [0, 0.1) is 0 Å². The molecule has 0 saturated carbocycles. The quantitative estimate of drug-likeness (QED) is 0.634. The molecule has 0 radical (unpaired) electrons. The van der Waals surface area contributed by atoms with E-state index >= 15 is 0 Å². The lowest BCUT2D eigenvalue weighted by molar-refractivity contribution is 0.342. The molecule has 3 aromatic rings. The highest BCUT2D eigenvalue weighted by Gasteiger charge is 2.12. The van der Waals surface area contributed by atoms with Crippen LogP contribution in [-0.2, 0) is 0 Å². The van der Waals surface area contributed by atoms with Gasteiger partial charge in [-0.15, -0.1) is 5.10 Å². The van der Waals surface area contributed by atoms with Gasteiger partial charge in [0.15, 0.2) is 5.82 Å². The zero-order valence-corrected chi connectivity index (χ0v) is 15.9. The fourth-order valence-electron chi connectivity index (χ4n) is 3.27. The van der Waals surface area contributed by atoms with Crippen molar-refractivity contribution >= 4 is 28.8 Å². The van der Waals surface area contributed by atoms with Crippen LogP contribution in [0.25, 0.3) is 0 Å². The number of para-hydroxylation sites is 2. The lowest BCUT2D eigenvalue weighted by Gasteiger charge is -2.17. The summed E-state index contributed by atoms with van der Waals surface area (Å²) in [7, 11) is 0. The molecule has 7 nitrogen and oxygen atoms in total. The van der Waals surface area contributed by atoms with Crippen LogP contribution >= 0.6 is 0 Å². The first-order chi connectivity index (χ1) is 13.8. The van der Waals surface area contributed by atoms with Gasteiger partial charge < -0.3 is 20.3 Å². The van der Waals surface area contributed by atoms with E-state index in [0.29, 0.717) is 18.4 Å². The lowest BCUT2D eigenvalue weighted by atomic mass is 10.2. The molecule has 0 amide bonds. The number of ether oxygens (including phenoxy) is 1. The van der Waals surface area contributed by atoms with E-state index in [9.17, 15) is 0 Å². The van der Waals surface area contributed by atoms with Crippen LogP contribution in [0.3, 0.4) is 0 Å². The first-order valence-corrected chi connectivity index (χ1v) is 9.62. The second-order valence-corrected chi connectivity index (χ2v) is 6.59. The van der Waals surface area contributed by atoms with E-state index in [-0.39, 0.29) is 0 Å². The number of hydrogen-bond acceptors (Lipinski definition) is 7. The van der Waals surface area contributed by atoms with E-state index in [1.807, 2.05) is 43.3 Å². The van der Waals surface area contributed by atoms with Crippen molar-refractivity contribution in [3.63, 3.8) is 0 Å². The van der Waals surface area contributed by atoms with Crippen LogP contribution in [-0.4, -0.2) is 34.9 Å². The molecule has 1 fully saturated rings. The summed E-state index contributed by atoms with van der Waals surface area (Å²) < 4.78 is 5.64. The molecule has 1 aliphatic rings. The van der Waals surface area contributed by atoms with E-state index in [2.05, 4.69) is 42.8 Å². The molecule has 0 aliphatic carbocycles. The zero-order chi connectivity index (χ0) is 19.2. The van der Waals surface area contributed by atoms with Crippen LogP contribution in [0.4, 0.5) is 28.8 Å². The Morgan fingerprint density at radius 1 is 1.00 bits per heavy atom. The number of benzene rings is 2. The minimum atomic E-state index is 0.438. The van der Waals surface area contributed by atoms with Crippen molar-refractivity contribution in [1.82, 2.24) is 15.2 Å². The third-order valence-corrected chi connectivity index (χ3v) is 4.60. The van der Waals surface area contributed by atoms with E-state index < -0.39 is 0 Å². The zero-order valence-electron chi connectivity index (χ0n) is 15.9. The van der Waals surface area contributed by atoms with Crippen LogP contribution in [0.5, 0.6) is 5.75 Å². The number of anilines is 5. The van der Waals surface area contributed by atoms with Gasteiger partial charge in [-0.05, 0) is 56.2 Å². The molecule has 2 heterocycles. The molecule has 1 aromatic heterocycles. The summed E-state index contributed by atoms with van der Waals surface area (Å²) in [5.74, 6) is 1.81. The minimum absolute atomic E-state index is 0.438. The van der Waals surface area contributed by atoms with E-state index in [1.165, 1.54) is 18.5 Å². The molecule has 144 valence electrons. The van der Waals surface area contributed by atoms with Gasteiger partial charge in [-0.2, -0.15) is 10.1 Å². The Labute approximate surface area is 164 Å². The molecule has 2 N–H and O–H groups in total. The van der Waals surface area contributed by atoms with Gasteiger partial charge in [0, 0.05) is 24.5 Å². The summed E-state index contributed by atoms with van der Waals surface area (Å²) in [5.41, 5.74) is 3.02. The van der Waals surface area contributed by atoms with Gasteiger partial charge in [0.1, 0.15) is 5.75 Å². The number of nitrogens with one attached hydrogen (secondary N) is 2. The predicted octanol–water partition coefficient (Wildman–Crippen LogP) is 4.36. The second-order valence-electron chi connectivity index (χ2n) is 6.59. The standard InChI is InChI=1S/C21H24N6O/c1-2-28-19-8-4-3-7-18(19)24-20-15-22-26-21(25-20)23-16-9-11-17(12-10-16)27-13-5-6-14-27/h3-4,7-12,15H,2,5-6,13-14H2,1H3,(H2,23,24,25,26). The fraction of sp³-hybridized carbons (Fsp3) is 0.286. The van der Waals surface area contributed by atoms with Gasteiger partial charge in [0.05, 0.1) is 18.5 Å². The first kappa shape index (κ1) is 18.0. The lowest BCUT2D eigenvalue weighted by Crippen LogP contribution is -2.17. The topological polar surface area (TPSA) is 75.2 Å². The third-order valence-electron chi connectivity index (χ3n) is 4.60. The first-order valence-electron chi connectivity index (χ1n) is 9.62. The van der Waals surface area contributed by atoms with Crippen molar-refractivity contribution in [2.75, 3.05) is 35.2 Å². The highest BCUT2D eigenvalue weighted by atomic mass is 16.5. The molecule has 1 aliphatic heterocycles. The minimum Gasteiger partial charge on any atom is -0.492 e. The van der Waals surface area contributed by atoms with E-state index in [4.69, 9.17) is 4.74 Å². The summed E-state index contributed by atoms with van der Waals surface area (Å²) in [4.78, 5) is 6.91. The van der Waals surface area contributed by atoms with Crippen molar-refractivity contribution in [3.8, 4) is 5.75 Å². The Hall–Kier alpha value is -3.35. The van der Waals surface area contributed by atoms with Crippen LogP contribution < -0.4 is 20.3 Å².